The second-order valence-corrected chi connectivity index (χ2v) is 7.57. The molecule has 5 nitrogen and oxygen atoms in total. The van der Waals surface area contributed by atoms with Gasteiger partial charge in [-0.2, -0.15) is 0 Å². The van der Waals surface area contributed by atoms with Gasteiger partial charge in [0, 0.05) is 55.1 Å². The van der Waals surface area contributed by atoms with Gasteiger partial charge in [-0.15, -0.1) is 0 Å². The number of carbonyl (C=O) groups excluding carboxylic acids is 2. The van der Waals surface area contributed by atoms with Crippen LogP contribution in [0.15, 0.2) is 6.07 Å². The molecule has 0 bridgehead atoms. The summed E-state index contributed by atoms with van der Waals surface area (Å²) in [5.41, 5.74) is 3.19. The van der Waals surface area contributed by atoms with Gasteiger partial charge < -0.3 is 9.47 Å². The minimum Gasteiger partial charge on any atom is -0.345 e. The number of hydrogen-bond acceptors (Lipinski definition) is 3. The van der Waals surface area contributed by atoms with Gasteiger partial charge in [0.25, 0.3) is 0 Å². The molecule has 0 N–H and O–H groups in total. The van der Waals surface area contributed by atoms with Crippen LogP contribution in [-0.2, 0) is 4.79 Å². The van der Waals surface area contributed by atoms with Crippen LogP contribution < -0.4 is 0 Å². The van der Waals surface area contributed by atoms with E-state index in [9.17, 15) is 9.59 Å². The topological polar surface area (TPSA) is 45.6 Å². The molecule has 132 valence electrons. The van der Waals surface area contributed by atoms with Crippen molar-refractivity contribution in [3.05, 3.63) is 23.0 Å². The summed E-state index contributed by atoms with van der Waals surface area (Å²) in [4.78, 5) is 28.9. The first-order valence-electron chi connectivity index (χ1n) is 9.11. The number of piperazine rings is 1. The predicted molar refractivity (Wildman–Crippen MR) is 94.4 cm³/mol. The number of ketones is 1. The van der Waals surface area contributed by atoms with Crippen molar-refractivity contribution in [2.24, 2.45) is 5.92 Å². The number of nitrogens with zero attached hydrogens (tertiary/aromatic N) is 3. The summed E-state index contributed by atoms with van der Waals surface area (Å²) in [6.45, 7) is 11.5. The van der Waals surface area contributed by atoms with Crippen LogP contribution in [-0.4, -0.2) is 58.8 Å². The Bertz CT molecular complexity index is 635. The lowest BCUT2D eigenvalue weighted by Gasteiger charge is -2.35. The highest BCUT2D eigenvalue weighted by Gasteiger charge is 2.29. The molecule has 0 unspecified atom stereocenters. The normalized spacial score (nSPS) is 19.1. The fraction of sp³-hybridized carbons (Fsp3) is 0.684. The lowest BCUT2D eigenvalue weighted by atomic mass is 10.1. The number of rotatable bonds is 5. The molecule has 0 spiro atoms. The summed E-state index contributed by atoms with van der Waals surface area (Å²) < 4.78 is 2.33. The van der Waals surface area contributed by atoms with Crippen LogP contribution in [0.3, 0.4) is 0 Å². The molecule has 1 aliphatic heterocycles. The Morgan fingerprint density at radius 3 is 2.29 bits per heavy atom. The molecule has 0 atom stereocenters. The first-order valence-corrected chi connectivity index (χ1v) is 9.11. The van der Waals surface area contributed by atoms with Gasteiger partial charge in [-0.05, 0) is 32.8 Å². The summed E-state index contributed by atoms with van der Waals surface area (Å²) in [6.07, 6.45) is 2.46. The lowest BCUT2D eigenvalue weighted by molar-refractivity contribution is -0.136. The van der Waals surface area contributed by atoms with Crippen molar-refractivity contribution in [1.82, 2.24) is 14.4 Å². The first kappa shape index (κ1) is 17.2. The van der Waals surface area contributed by atoms with Crippen LogP contribution in [0.5, 0.6) is 0 Å². The van der Waals surface area contributed by atoms with Crippen LogP contribution in [0.1, 0.15) is 54.5 Å². The third-order valence-corrected chi connectivity index (χ3v) is 5.24. The standard InChI is InChI=1S/C19H29N3O2/c1-13(2)19(24)21-9-7-20(8-10-21)12-18(23)17-11-14(3)22(15(17)4)16-5-6-16/h11,13,16H,5-10,12H2,1-4H3. The largest absolute Gasteiger partial charge is 0.345 e. The van der Waals surface area contributed by atoms with Gasteiger partial charge in [-0.3, -0.25) is 14.5 Å². The van der Waals surface area contributed by atoms with Crippen molar-refractivity contribution in [3.8, 4) is 0 Å². The van der Waals surface area contributed by atoms with Crippen molar-refractivity contribution in [3.63, 3.8) is 0 Å². The van der Waals surface area contributed by atoms with E-state index in [1.54, 1.807) is 0 Å². The second kappa shape index (κ2) is 6.71. The van der Waals surface area contributed by atoms with Crippen LogP contribution in [0, 0.1) is 19.8 Å². The van der Waals surface area contributed by atoms with Gasteiger partial charge in [-0.1, -0.05) is 13.8 Å². The SMILES string of the molecule is Cc1cc(C(=O)CN2CCN(C(=O)C(C)C)CC2)c(C)n1C1CC1. The van der Waals surface area contributed by atoms with Crippen LogP contribution >= 0.6 is 0 Å². The van der Waals surface area contributed by atoms with E-state index in [4.69, 9.17) is 0 Å². The Morgan fingerprint density at radius 2 is 1.75 bits per heavy atom. The van der Waals surface area contributed by atoms with E-state index in [1.165, 1.54) is 18.5 Å². The Balaban J connectivity index is 1.59. The van der Waals surface area contributed by atoms with Crippen molar-refractivity contribution in [2.45, 2.75) is 46.6 Å². The first-order chi connectivity index (χ1) is 11.4. The maximum atomic E-state index is 12.7. The molecule has 1 aliphatic carbocycles. The average molecular weight is 331 g/mol. The van der Waals surface area contributed by atoms with Gasteiger partial charge in [0.2, 0.25) is 5.91 Å². The number of amides is 1. The second-order valence-electron chi connectivity index (χ2n) is 7.57. The monoisotopic (exact) mass is 331 g/mol. The summed E-state index contributed by atoms with van der Waals surface area (Å²) in [7, 11) is 0. The molecule has 1 amide bonds. The molecule has 3 rings (SSSR count). The molecule has 2 aliphatic rings. The number of carbonyl (C=O) groups is 2. The predicted octanol–water partition coefficient (Wildman–Crippen LogP) is 2.42. The Kier molecular flexibility index (Phi) is 4.81. The van der Waals surface area contributed by atoms with Crippen molar-refractivity contribution >= 4 is 11.7 Å². The Morgan fingerprint density at radius 1 is 1.12 bits per heavy atom. The van der Waals surface area contributed by atoms with Crippen molar-refractivity contribution in [1.29, 1.82) is 0 Å². The van der Waals surface area contributed by atoms with E-state index in [2.05, 4.69) is 29.4 Å². The molecule has 1 aromatic rings. The van der Waals surface area contributed by atoms with Gasteiger partial charge in [0.05, 0.1) is 6.54 Å². The molecule has 5 heteroatoms. The number of aryl methyl sites for hydroxylation is 1. The molecule has 24 heavy (non-hydrogen) atoms. The van der Waals surface area contributed by atoms with E-state index in [0.717, 1.165) is 37.4 Å². The highest BCUT2D eigenvalue weighted by atomic mass is 16.2. The highest BCUT2D eigenvalue weighted by Crippen LogP contribution is 2.38. The molecule has 1 saturated carbocycles. The van der Waals surface area contributed by atoms with Crippen molar-refractivity contribution in [2.75, 3.05) is 32.7 Å². The molecule has 2 heterocycles. The van der Waals surface area contributed by atoms with Crippen molar-refractivity contribution < 1.29 is 9.59 Å². The molecule has 2 fully saturated rings. The lowest BCUT2D eigenvalue weighted by Crippen LogP contribution is -2.50. The molecule has 0 radical (unpaired) electrons. The quantitative estimate of drug-likeness (QED) is 0.779. The summed E-state index contributed by atoms with van der Waals surface area (Å²) in [6, 6.07) is 2.66. The third-order valence-electron chi connectivity index (χ3n) is 5.24. The minimum absolute atomic E-state index is 0.0472. The molecule has 1 aromatic heterocycles. The minimum atomic E-state index is 0.0472. The van der Waals surface area contributed by atoms with E-state index in [-0.39, 0.29) is 17.6 Å². The third kappa shape index (κ3) is 3.41. The number of aromatic nitrogens is 1. The maximum absolute atomic E-state index is 12.7. The van der Waals surface area contributed by atoms with Crippen LogP contribution in [0.25, 0.3) is 0 Å². The van der Waals surface area contributed by atoms with Crippen LogP contribution in [0.4, 0.5) is 0 Å². The van der Waals surface area contributed by atoms with Gasteiger partial charge in [0.15, 0.2) is 5.78 Å². The van der Waals surface area contributed by atoms with Gasteiger partial charge in [0.1, 0.15) is 0 Å². The van der Waals surface area contributed by atoms with Gasteiger partial charge >= 0.3 is 0 Å². The van der Waals surface area contributed by atoms with E-state index in [1.807, 2.05) is 18.7 Å². The Labute approximate surface area is 144 Å². The Hall–Kier alpha value is -1.62. The zero-order valence-electron chi connectivity index (χ0n) is 15.3. The summed E-state index contributed by atoms with van der Waals surface area (Å²) in [5, 5.41) is 0. The highest BCUT2D eigenvalue weighted by molar-refractivity contribution is 5.99. The average Bonchev–Trinajstić information content (AvgIpc) is 3.32. The summed E-state index contributed by atoms with van der Waals surface area (Å²) >= 11 is 0. The molecule has 1 saturated heterocycles. The van der Waals surface area contributed by atoms with E-state index in [0.29, 0.717) is 12.6 Å². The van der Waals surface area contributed by atoms with E-state index >= 15 is 0 Å². The molecular weight excluding hydrogens is 302 g/mol. The molecule has 0 aromatic carbocycles. The molecular formula is C19H29N3O2. The maximum Gasteiger partial charge on any atom is 0.225 e. The zero-order valence-corrected chi connectivity index (χ0v) is 15.3. The smallest absolute Gasteiger partial charge is 0.225 e. The number of Topliss-reactive ketones (excluding diaryl/α,β-unsaturated/α-hetero) is 1. The number of hydrogen-bond donors (Lipinski definition) is 0. The summed E-state index contributed by atoms with van der Waals surface area (Å²) in [5.74, 6) is 0.471. The zero-order chi connectivity index (χ0) is 17.4. The van der Waals surface area contributed by atoms with Crippen LogP contribution in [0.2, 0.25) is 0 Å². The fourth-order valence-corrected chi connectivity index (χ4v) is 3.73. The van der Waals surface area contributed by atoms with E-state index < -0.39 is 0 Å². The van der Waals surface area contributed by atoms with Gasteiger partial charge in [-0.25, -0.2) is 0 Å². The fourth-order valence-electron chi connectivity index (χ4n) is 3.73.